The largest absolute Gasteiger partial charge is 0.485 e. The van der Waals surface area contributed by atoms with Gasteiger partial charge >= 0.3 is 0 Å². The zero-order chi connectivity index (χ0) is 21.5. The van der Waals surface area contributed by atoms with Crippen LogP contribution in [0.4, 0.5) is 0 Å². The zero-order valence-electron chi connectivity index (χ0n) is 17.5. The van der Waals surface area contributed by atoms with Crippen LogP contribution in [0.15, 0.2) is 70.3 Å². The molecule has 0 saturated heterocycles. The second-order valence-electron chi connectivity index (χ2n) is 6.91. The van der Waals surface area contributed by atoms with Crippen molar-refractivity contribution in [3.05, 3.63) is 77.9 Å². The number of para-hydroxylation sites is 1. The summed E-state index contributed by atoms with van der Waals surface area (Å²) in [4.78, 5) is 0. The van der Waals surface area contributed by atoms with Crippen molar-refractivity contribution in [2.75, 3.05) is 13.7 Å². The molecule has 0 saturated carbocycles. The minimum atomic E-state index is 0.310. The highest BCUT2D eigenvalue weighted by atomic mass is 32.2. The van der Waals surface area contributed by atoms with Crippen LogP contribution in [0.1, 0.15) is 17.3 Å². The summed E-state index contributed by atoms with van der Waals surface area (Å²) < 4.78 is 18.6. The maximum atomic E-state index is 6.18. The van der Waals surface area contributed by atoms with Crippen molar-refractivity contribution in [2.45, 2.75) is 31.0 Å². The van der Waals surface area contributed by atoms with Crippen molar-refractivity contribution >= 4 is 11.8 Å². The fourth-order valence-electron chi connectivity index (χ4n) is 3.16. The number of methoxy groups -OCH3 is 1. The molecule has 8 heteroatoms. The first-order valence-electron chi connectivity index (χ1n) is 9.98. The van der Waals surface area contributed by atoms with E-state index < -0.39 is 0 Å². The van der Waals surface area contributed by atoms with Crippen molar-refractivity contribution in [1.82, 2.24) is 19.9 Å². The van der Waals surface area contributed by atoms with Crippen LogP contribution in [-0.4, -0.2) is 33.6 Å². The normalized spacial score (nSPS) is 11.0. The summed E-state index contributed by atoms with van der Waals surface area (Å²) in [5.41, 5.74) is 3.03. The van der Waals surface area contributed by atoms with Crippen LogP contribution in [0, 0.1) is 6.92 Å². The summed E-state index contributed by atoms with van der Waals surface area (Å²) >= 11 is 1.56. The Kier molecular flexibility index (Phi) is 7.01. The van der Waals surface area contributed by atoms with Gasteiger partial charge in [-0.3, -0.25) is 0 Å². The van der Waals surface area contributed by atoms with E-state index in [0.29, 0.717) is 25.5 Å². The maximum Gasteiger partial charge on any atom is 0.191 e. The Morgan fingerprint density at radius 2 is 1.84 bits per heavy atom. The van der Waals surface area contributed by atoms with Crippen molar-refractivity contribution < 1.29 is 14.0 Å². The van der Waals surface area contributed by atoms with Crippen LogP contribution in [0.5, 0.6) is 5.75 Å². The number of rotatable bonds is 10. The maximum absolute atomic E-state index is 6.18. The first-order valence-corrected chi connectivity index (χ1v) is 11.0. The van der Waals surface area contributed by atoms with Crippen molar-refractivity contribution in [1.29, 1.82) is 0 Å². The fraction of sp³-hybridized carbons (Fsp3) is 0.261. The minimum Gasteiger partial charge on any atom is -0.485 e. The van der Waals surface area contributed by atoms with Gasteiger partial charge in [0, 0.05) is 31.0 Å². The highest BCUT2D eigenvalue weighted by molar-refractivity contribution is 7.98. The Hall–Kier alpha value is -3.10. The summed E-state index contributed by atoms with van der Waals surface area (Å²) in [7, 11) is 1.68. The summed E-state index contributed by atoms with van der Waals surface area (Å²) in [5, 5.41) is 13.6. The van der Waals surface area contributed by atoms with E-state index in [1.165, 1.54) is 0 Å². The highest BCUT2D eigenvalue weighted by Gasteiger charge is 2.15. The van der Waals surface area contributed by atoms with Gasteiger partial charge in [-0.1, -0.05) is 65.4 Å². The molecule has 0 spiro atoms. The molecule has 160 valence electrons. The van der Waals surface area contributed by atoms with E-state index in [9.17, 15) is 0 Å². The molecule has 0 aliphatic rings. The lowest BCUT2D eigenvalue weighted by atomic mass is 10.1. The van der Waals surface area contributed by atoms with E-state index in [-0.39, 0.29) is 0 Å². The average molecular weight is 437 g/mol. The molecule has 4 aromatic rings. The molecule has 0 unspecified atom stereocenters. The third-order valence-electron chi connectivity index (χ3n) is 4.67. The van der Waals surface area contributed by atoms with Crippen LogP contribution < -0.4 is 4.74 Å². The first kappa shape index (κ1) is 21.1. The lowest BCUT2D eigenvalue weighted by molar-refractivity contribution is 0.181. The standard InChI is InChI=1S/C23H24N4O3S/c1-17-14-19(26-30-17)16-31-23-25-24-22(27(23)12-13-28-2)15-29-21-11-7-6-10-20(21)18-8-4-3-5-9-18/h3-11,14H,12-13,15-16H2,1-2H3. The molecular weight excluding hydrogens is 412 g/mol. The Morgan fingerprint density at radius 1 is 1.03 bits per heavy atom. The van der Waals surface area contributed by atoms with Crippen molar-refractivity contribution in [3.63, 3.8) is 0 Å². The number of thioether (sulfide) groups is 1. The number of aromatic nitrogens is 4. The quantitative estimate of drug-likeness (QED) is 0.332. The molecule has 0 amide bonds. The third kappa shape index (κ3) is 5.34. The summed E-state index contributed by atoms with van der Waals surface area (Å²) in [6.45, 7) is 3.39. The number of nitrogens with zero attached hydrogens (tertiary/aromatic N) is 4. The molecule has 2 aromatic carbocycles. The molecule has 0 atom stereocenters. The summed E-state index contributed by atoms with van der Waals surface area (Å²) in [6, 6.07) is 20.1. The second kappa shape index (κ2) is 10.3. The Labute approximate surface area is 185 Å². The van der Waals surface area contributed by atoms with E-state index in [1.54, 1.807) is 18.9 Å². The van der Waals surface area contributed by atoms with Gasteiger partial charge in [0.05, 0.1) is 12.3 Å². The van der Waals surface area contributed by atoms with E-state index >= 15 is 0 Å². The van der Waals surface area contributed by atoms with Crippen LogP contribution in [0.3, 0.4) is 0 Å². The Morgan fingerprint density at radius 3 is 2.61 bits per heavy atom. The Balaban J connectivity index is 1.50. The zero-order valence-corrected chi connectivity index (χ0v) is 18.3. The van der Waals surface area contributed by atoms with Gasteiger partial charge in [0.2, 0.25) is 0 Å². The average Bonchev–Trinajstić information content (AvgIpc) is 3.40. The van der Waals surface area contributed by atoms with E-state index in [1.807, 2.05) is 54.0 Å². The summed E-state index contributed by atoms with van der Waals surface area (Å²) in [6.07, 6.45) is 0. The fourth-order valence-corrected chi connectivity index (χ4v) is 4.02. The van der Waals surface area contributed by atoms with Gasteiger partial charge in [-0.2, -0.15) is 0 Å². The monoisotopic (exact) mass is 436 g/mol. The van der Waals surface area contributed by atoms with Crippen LogP contribution in [0.2, 0.25) is 0 Å². The van der Waals surface area contributed by atoms with E-state index in [4.69, 9.17) is 14.0 Å². The van der Waals surface area contributed by atoms with Gasteiger partial charge < -0.3 is 18.6 Å². The van der Waals surface area contributed by atoms with Crippen molar-refractivity contribution in [3.8, 4) is 16.9 Å². The smallest absolute Gasteiger partial charge is 0.191 e. The molecule has 4 rings (SSSR count). The third-order valence-corrected chi connectivity index (χ3v) is 5.67. The molecule has 0 aliphatic carbocycles. The summed E-state index contributed by atoms with van der Waals surface area (Å²) in [5.74, 6) is 3.00. The number of hydrogen-bond acceptors (Lipinski definition) is 7. The Bertz CT molecular complexity index is 1110. The van der Waals surface area contributed by atoms with E-state index in [2.05, 4.69) is 33.6 Å². The second-order valence-corrected chi connectivity index (χ2v) is 7.85. The van der Waals surface area contributed by atoms with Crippen LogP contribution in [-0.2, 0) is 23.6 Å². The molecule has 0 N–H and O–H groups in total. The van der Waals surface area contributed by atoms with Crippen LogP contribution >= 0.6 is 11.8 Å². The highest BCUT2D eigenvalue weighted by Crippen LogP contribution is 2.30. The molecule has 31 heavy (non-hydrogen) atoms. The predicted octanol–water partition coefficient (Wildman–Crippen LogP) is 4.76. The minimum absolute atomic E-state index is 0.310. The van der Waals surface area contributed by atoms with Gasteiger partial charge in [0.25, 0.3) is 0 Å². The lowest BCUT2D eigenvalue weighted by Crippen LogP contribution is -2.12. The number of benzene rings is 2. The molecule has 0 radical (unpaired) electrons. The van der Waals surface area contributed by atoms with Gasteiger partial charge in [0.1, 0.15) is 18.1 Å². The SMILES string of the molecule is COCCn1c(COc2ccccc2-c2ccccc2)nnc1SCc1cc(C)on1. The van der Waals surface area contributed by atoms with Crippen LogP contribution in [0.25, 0.3) is 11.1 Å². The molecule has 7 nitrogen and oxygen atoms in total. The topological polar surface area (TPSA) is 75.2 Å². The number of aryl methyl sites for hydroxylation is 1. The van der Waals surface area contributed by atoms with Gasteiger partial charge in [-0.15, -0.1) is 10.2 Å². The van der Waals surface area contributed by atoms with Gasteiger partial charge in [0.15, 0.2) is 11.0 Å². The van der Waals surface area contributed by atoms with Gasteiger partial charge in [-0.05, 0) is 18.6 Å². The lowest BCUT2D eigenvalue weighted by Gasteiger charge is -2.13. The molecule has 2 aromatic heterocycles. The molecule has 0 aliphatic heterocycles. The molecule has 0 fully saturated rings. The molecule has 0 bridgehead atoms. The first-order chi connectivity index (χ1) is 15.2. The molecule has 2 heterocycles. The predicted molar refractivity (Wildman–Crippen MR) is 119 cm³/mol. The molecular formula is C23H24N4O3S. The number of ether oxygens (including phenoxy) is 2. The van der Waals surface area contributed by atoms with Gasteiger partial charge in [-0.25, -0.2) is 0 Å². The van der Waals surface area contributed by atoms with Crippen molar-refractivity contribution in [2.24, 2.45) is 0 Å². The van der Waals surface area contributed by atoms with E-state index in [0.717, 1.165) is 39.3 Å². The number of hydrogen-bond donors (Lipinski definition) is 0.